The molecular weight excluding hydrogens is 174 g/mol. The van der Waals surface area contributed by atoms with Crippen molar-refractivity contribution in [3.05, 3.63) is 17.0 Å². The zero-order valence-corrected chi connectivity index (χ0v) is 9.26. The molecule has 0 aliphatic carbocycles. The Hall–Kier alpha value is -1.27. The second-order valence-electron chi connectivity index (χ2n) is 3.49. The van der Waals surface area contributed by atoms with E-state index in [9.17, 15) is 0 Å². The van der Waals surface area contributed by atoms with Crippen molar-refractivity contribution < 1.29 is 0 Å². The quantitative estimate of drug-likeness (QED) is 0.716. The van der Waals surface area contributed by atoms with Gasteiger partial charge in [0.2, 0.25) is 0 Å². The molecule has 1 aromatic heterocycles. The van der Waals surface area contributed by atoms with E-state index in [0.29, 0.717) is 0 Å². The van der Waals surface area contributed by atoms with Crippen molar-refractivity contribution in [2.75, 3.05) is 7.05 Å². The van der Waals surface area contributed by atoms with E-state index in [1.807, 2.05) is 25.7 Å². The van der Waals surface area contributed by atoms with Crippen molar-refractivity contribution in [2.45, 2.75) is 26.3 Å². The number of nitrogens with one attached hydrogen (secondary N) is 1. The third-order valence-corrected chi connectivity index (χ3v) is 2.62. The van der Waals surface area contributed by atoms with Crippen LogP contribution in [0.25, 0.3) is 0 Å². The van der Waals surface area contributed by atoms with Crippen molar-refractivity contribution in [1.82, 2.24) is 15.1 Å². The van der Waals surface area contributed by atoms with Gasteiger partial charge >= 0.3 is 0 Å². The van der Waals surface area contributed by atoms with Gasteiger partial charge in [0.15, 0.2) is 0 Å². The van der Waals surface area contributed by atoms with Crippen molar-refractivity contribution in [1.29, 1.82) is 0 Å². The molecule has 3 heteroatoms. The highest BCUT2D eigenvalue weighted by Crippen LogP contribution is 2.13. The van der Waals surface area contributed by atoms with Crippen LogP contribution in [0.5, 0.6) is 0 Å². The Morgan fingerprint density at radius 1 is 1.57 bits per heavy atom. The topological polar surface area (TPSA) is 29.9 Å². The normalized spacial score (nSPS) is 12.5. The van der Waals surface area contributed by atoms with Gasteiger partial charge in [-0.25, -0.2) is 0 Å². The lowest BCUT2D eigenvalue weighted by atomic mass is 10.1. The first-order valence-electron chi connectivity index (χ1n) is 4.72. The van der Waals surface area contributed by atoms with Crippen molar-refractivity contribution in [2.24, 2.45) is 7.05 Å². The van der Waals surface area contributed by atoms with E-state index in [2.05, 4.69) is 23.3 Å². The highest BCUT2D eigenvalue weighted by atomic mass is 15.3. The van der Waals surface area contributed by atoms with Crippen LogP contribution in [-0.4, -0.2) is 22.9 Å². The predicted molar refractivity (Wildman–Crippen MR) is 58.1 cm³/mol. The maximum absolute atomic E-state index is 5.40. The predicted octanol–water partition coefficient (Wildman–Crippen LogP) is 0.801. The molecule has 76 valence electrons. The smallest absolute Gasteiger partial charge is 0.0726 e. The van der Waals surface area contributed by atoms with E-state index in [4.69, 9.17) is 6.42 Å². The van der Waals surface area contributed by atoms with Crippen LogP contribution < -0.4 is 5.32 Å². The Balaban J connectivity index is 2.91. The van der Waals surface area contributed by atoms with Crippen LogP contribution in [0.15, 0.2) is 0 Å². The fourth-order valence-electron chi connectivity index (χ4n) is 1.56. The van der Waals surface area contributed by atoms with E-state index < -0.39 is 0 Å². The van der Waals surface area contributed by atoms with Crippen molar-refractivity contribution in [3.8, 4) is 12.3 Å². The lowest BCUT2D eigenvalue weighted by Crippen LogP contribution is -2.25. The van der Waals surface area contributed by atoms with Gasteiger partial charge in [0.05, 0.1) is 11.7 Å². The molecule has 1 N–H and O–H groups in total. The molecule has 1 atom stereocenters. The van der Waals surface area contributed by atoms with Gasteiger partial charge in [-0.15, -0.1) is 6.42 Å². The molecule has 0 radical (unpaired) electrons. The van der Waals surface area contributed by atoms with Crippen LogP contribution in [-0.2, 0) is 13.5 Å². The molecule has 1 aromatic rings. The minimum atomic E-state index is 0.0941. The Morgan fingerprint density at radius 3 is 2.57 bits per heavy atom. The van der Waals surface area contributed by atoms with Crippen LogP contribution in [0, 0.1) is 26.2 Å². The molecule has 3 nitrogen and oxygen atoms in total. The van der Waals surface area contributed by atoms with Crippen molar-refractivity contribution in [3.63, 3.8) is 0 Å². The third kappa shape index (κ3) is 1.97. The summed E-state index contributed by atoms with van der Waals surface area (Å²) in [5, 5.41) is 7.44. The molecule has 1 rings (SSSR count). The lowest BCUT2D eigenvalue weighted by molar-refractivity contribution is 0.677. The van der Waals surface area contributed by atoms with Gasteiger partial charge in [0.1, 0.15) is 0 Å². The van der Waals surface area contributed by atoms with E-state index in [1.54, 1.807) is 0 Å². The average molecular weight is 191 g/mol. The molecule has 0 aromatic carbocycles. The number of hydrogen-bond donors (Lipinski definition) is 1. The zero-order chi connectivity index (χ0) is 10.7. The summed E-state index contributed by atoms with van der Waals surface area (Å²) < 4.78 is 1.90. The highest BCUT2D eigenvalue weighted by Gasteiger charge is 2.12. The second-order valence-corrected chi connectivity index (χ2v) is 3.49. The Bertz CT molecular complexity index is 357. The van der Waals surface area contributed by atoms with Crippen LogP contribution in [0.2, 0.25) is 0 Å². The first-order valence-corrected chi connectivity index (χ1v) is 4.72. The Morgan fingerprint density at radius 2 is 2.21 bits per heavy atom. The van der Waals surface area contributed by atoms with Gasteiger partial charge in [-0.05, 0) is 26.5 Å². The number of likely N-dealkylation sites (N-methyl/N-ethyl adjacent to an activating group) is 1. The first-order chi connectivity index (χ1) is 6.60. The molecule has 0 aliphatic rings. The SMILES string of the molecule is C#CC(Cc1c(C)nn(C)c1C)NC. The molecule has 1 heterocycles. The first kappa shape index (κ1) is 10.8. The van der Waals surface area contributed by atoms with Gasteiger partial charge in [0.25, 0.3) is 0 Å². The summed E-state index contributed by atoms with van der Waals surface area (Å²) in [7, 11) is 3.83. The molecule has 0 fully saturated rings. The maximum atomic E-state index is 5.40. The van der Waals surface area contributed by atoms with E-state index >= 15 is 0 Å². The standard InChI is InChI=1S/C11H17N3/c1-6-10(12-4)7-11-8(2)13-14(5)9(11)3/h1,10,12H,7H2,2-5H3. The van der Waals surface area contributed by atoms with E-state index in [0.717, 1.165) is 12.1 Å². The summed E-state index contributed by atoms with van der Waals surface area (Å²) in [4.78, 5) is 0. The minimum Gasteiger partial charge on any atom is -0.306 e. The summed E-state index contributed by atoms with van der Waals surface area (Å²) >= 11 is 0. The molecule has 0 spiro atoms. The van der Waals surface area contributed by atoms with E-state index in [1.165, 1.54) is 11.3 Å². The lowest BCUT2D eigenvalue weighted by Gasteiger charge is -2.09. The van der Waals surface area contributed by atoms with Crippen LogP contribution in [0.3, 0.4) is 0 Å². The Labute approximate surface area is 85.5 Å². The highest BCUT2D eigenvalue weighted by molar-refractivity contribution is 5.27. The monoisotopic (exact) mass is 191 g/mol. The molecule has 0 saturated heterocycles. The number of aryl methyl sites for hydroxylation is 2. The zero-order valence-electron chi connectivity index (χ0n) is 9.26. The second kappa shape index (κ2) is 4.30. The van der Waals surface area contributed by atoms with Crippen molar-refractivity contribution >= 4 is 0 Å². The van der Waals surface area contributed by atoms with Crippen LogP contribution >= 0.6 is 0 Å². The summed E-state index contributed by atoms with van der Waals surface area (Å²) in [6.45, 7) is 4.09. The number of terminal acetylenes is 1. The molecular formula is C11H17N3. The summed E-state index contributed by atoms with van der Waals surface area (Å²) in [5.41, 5.74) is 3.52. The third-order valence-electron chi connectivity index (χ3n) is 2.62. The molecule has 1 unspecified atom stereocenters. The van der Waals surface area contributed by atoms with Crippen LogP contribution in [0.1, 0.15) is 17.0 Å². The number of aromatic nitrogens is 2. The summed E-state index contributed by atoms with van der Waals surface area (Å²) in [6, 6.07) is 0.0941. The molecule has 0 bridgehead atoms. The van der Waals surface area contributed by atoms with Crippen LogP contribution in [0.4, 0.5) is 0 Å². The fourth-order valence-corrected chi connectivity index (χ4v) is 1.56. The number of nitrogens with zero attached hydrogens (tertiary/aromatic N) is 2. The van der Waals surface area contributed by atoms with Gasteiger partial charge in [-0.3, -0.25) is 4.68 Å². The van der Waals surface area contributed by atoms with E-state index in [-0.39, 0.29) is 6.04 Å². The van der Waals surface area contributed by atoms with Gasteiger partial charge in [-0.2, -0.15) is 5.10 Å². The molecule has 14 heavy (non-hydrogen) atoms. The van der Waals surface area contributed by atoms with Gasteiger partial charge < -0.3 is 5.32 Å². The summed E-state index contributed by atoms with van der Waals surface area (Å²) in [5.74, 6) is 2.72. The molecule has 0 aliphatic heterocycles. The Kier molecular flexibility index (Phi) is 3.32. The molecule has 0 saturated carbocycles. The molecule has 0 amide bonds. The summed E-state index contributed by atoms with van der Waals surface area (Å²) in [6.07, 6.45) is 6.24. The maximum Gasteiger partial charge on any atom is 0.0726 e. The van der Waals surface area contributed by atoms with Gasteiger partial charge in [-0.1, -0.05) is 5.92 Å². The van der Waals surface area contributed by atoms with Gasteiger partial charge in [0, 0.05) is 19.2 Å². The fraction of sp³-hybridized carbons (Fsp3) is 0.545. The largest absolute Gasteiger partial charge is 0.306 e. The average Bonchev–Trinajstić information content (AvgIpc) is 2.40. The number of hydrogen-bond acceptors (Lipinski definition) is 2. The minimum absolute atomic E-state index is 0.0941. The number of rotatable bonds is 3.